The molecule has 0 aromatic carbocycles. The summed E-state index contributed by atoms with van der Waals surface area (Å²) >= 11 is 0. The predicted molar refractivity (Wildman–Crippen MR) is 41.2 cm³/mol. The summed E-state index contributed by atoms with van der Waals surface area (Å²) in [6, 6.07) is 1.11. The van der Waals surface area contributed by atoms with Crippen LogP contribution in [0.4, 0.5) is 0 Å². The van der Waals surface area contributed by atoms with Crippen LogP contribution in [0.3, 0.4) is 0 Å². The summed E-state index contributed by atoms with van der Waals surface area (Å²) < 4.78 is 9.70. The van der Waals surface area contributed by atoms with Crippen LogP contribution < -0.4 is 0 Å². The van der Waals surface area contributed by atoms with Gasteiger partial charge in [0.1, 0.15) is 6.61 Å². The zero-order valence-corrected chi connectivity index (χ0v) is 7.71. The molecular formula is C6H13NO2Si. The number of rotatable bonds is 6. The third-order valence-electron chi connectivity index (χ3n) is 1.05. The molecule has 0 aromatic heterocycles. The van der Waals surface area contributed by atoms with E-state index in [0.717, 1.165) is 19.1 Å². The van der Waals surface area contributed by atoms with Gasteiger partial charge in [-0.3, -0.25) is 0 Å². The number of ether oxygens (including phenoxy) is 1. The molecule has 0 aromatic rings. The summed E-state index contributed by atoms with van der Waals surface area (Å²) in [4.78, 5) is 0. The summed E-state index contributed by atoms with van der Waals surface area (Å²) in [5, 5.41) is 7.98. The fourth-order valence-electron chi connectivity index (χ4n) is 0.568. The van der Waals surface area contributed by atoms with Gasteiger partial charge in [0.25, 0.3) is 6.26 Å². The van der Waals surface area contributed by atoms with E-state index in [4.69, 9.17) is 9.69 Å². The van der Waals surface area contributed by atoms with Crippen molar-refractivity contribution in [3.8, 4) is 6.26 Å². The van der Waals surface area contributed by atoms with Crippen LogP contribution in [0.25, 0.3) is 0 Å². The van der Waals surface area contributed by atoms with E-state index in [1.807, 2.05) is 6.92 Å². The zero-order valence-electron chi connectivity index (χ0n) is 6.30. The summed E-state index contributed by atoms with van der Waals surface area (Å²) in [6.07, 6.45) is 2.59. The largest absolute Gasteiger partial charge is 0.428 e. The fourth-order valence-corrected chi connectivity index (χ4v) is 1.47. The van der Waals surface area contributed by atoms with Crippen molar-refractivity contribution in [2.45, 2.75) is 19.4 Å². The van der Waals surface area contributed by atoms with Gasteiger partial charge in [0.2, 0.25) is 0 Å². The van der Waals surface area contributed by atoms with Crippen LogP contribution in [0.2, 0.25) is 6.04 Å². The maximum absolute atomic E-state index is 7.98. The Bertz CT molecular complexity index is 102. The molecule has 58 valence electrons. The third kappa shape index (κ3) is 7.47. The zero-order chi connectivity index (χ0) is 7.66. The van der Waals surface area contributed by atoms with Crippen molar-refractivity contribution in [3.63, 3.8) is 0 Å². The predicted octanol–water partition coefficient (Wildman–Crippen LogP) is 0.413. The number of hydrogen-bond donors (Lipinski definition) is 0. The monoisotopic (exact) mass is 159 g/mol. The molecule has 0 unspecified atom stereocenters. The highest BCUT2D eigenvalue weighted by atomic mass is 28.2. The van der Waals surface area contributed by atoms with E-state index >= 15 is 0 Å². The average molecular weight is 159 g/mol. The van der Waals surface area contributed by atoms with Gasteiger partial charge in [-0.25, -0.2) is 0 Å². The van der Waals surface area contributed by atoms with E-state index < -0.39 is 0 Å². The first-order valence-corrected chi connectivity index (χ1v) is 5.08. The van der Waals surface area contributed by atoms with Crippen LogP contribution in [-0.4, -0.2) is 23.0 Å². The Morgan fingerprint density at radius 3 is 3.00 bits per heavy atom. The molecule has 0 radical (unpaired) electrons. The highest BCUT2D eigenvalue weighted by Gasteiger charge is 1.88. The molecule has 0 N–H and O–H groups in total. The summed E-state index contributed by atoms with van der Waals surface area (Å²) in [6.45, 7) is 3.38. The number of hydrogen-bond acceptors (Lipinski definition) is 3. The Hall–Kier alpha value is -0.533. The highest BCUT2D eigenvalue weighted by Crippen LogP contribution is 1.89. The molecule has 0 spiro atoms. The van der Waals surface area contributed by atoms with E-state index in [9.17, 15) is 0 Å². The number of nitrogens with zero attached hydrogens (tertiary/aromatic N) is 1. The molecule has 0 bridgehead atoms. The van der Waals surface area contributed by atoms with Gasteiger partial charge in [-0.15, -0.1) is 0 Å². The standard InChI is InChI=1S/C6H13NO2Si/c1-2-9-10-5-3-4-8-6-7/h2-5,10H2,1H3. The smallest absolute Gasteiger partial charge is 0.286 e. The Balaban J connectivity index is 2.72. The van der Waals surface area contributed by atoms with Crippen molar-refractivity contribution < 1.29 is 9.16 Å². The molecule has 0 aliphatic carbocycles. The molecule has 0 amide bonds. The van der Waals surface area contributed by atoms with Crippen LogP contribution in [0.1, 0.15) is 13.3 Å². The second-order valence-corrected chi connectivity index (χ2v) is 3.37. The first-order chi connectivity index (χ1) is 4.91. The van der Waals surface area contributed by atoms with Crippen molar-refractivity contribution in [2.75, 3.05) is 13.2 Å². The molecule has 10 heavy (non-hydrogen) atoms. The first kappa shape index (κ1) is 9.47. The molecule has 0 rings (SSSR count). The minimum absolute atomic E-state index is 0.306. The quantitative estimate of drug-likeness (QED) is 0.320. The van der Waals surface area contributed by atoms with Crippen LogP contribution in [0.5, 0.6) is 0 Å². The SMILES string of the molecule is CCO[SiH2]CCCOC#N. The molecule has 0 saturated heterocycles. The molecule has 0 aliphatic rings. The van der Waals surface area contributed by atoms with Crippen molar-refractivity contribution in [2.24, 2.45) is 0 Å². The minimum atomic E-state index is -0.306. The maximum Gasteiger partial charge on any atom is 0.286 e. The van der Waals surface area contributed by atoms with Gasteiger partial charge in [-0.05, 0) is 19.4 Å². The Morgan fingerprint density at radius 2 is 2.40 bits per heavy atom. The summed E-state index contributed by atoms with van der Waals surface area (Å²) in [7, 11) is -0.306. The van der Waals surface area contributed by atoms with E-state index in [-0.39, 0.29) is 9.76 Å². The van der Waals surface area contributed by atoms with E-state index in [2.05, 4.69) is 4.74 Å². The Labute approximate surface area is 63.9 Å². The molecule has 3 nitrogen and oxygen atoms in total. The molecule has 0 fully saturated rings. The normalized spacial score (nSPS) is 10.0. The van der Waals surface area contributed by atoms with Crippen molar-refractivity contribution in [3.05, 3.63) is 0 Å². The second-order valence-electron chi connectivity index (χ2n) is 1.84. The number of nitriles is 1. The lowest BCUT2D eigenvalue weighted by Crippen LogP contribution is -1.98. The van der Waals surface area contributed by atoms with Gasteiger partial charge in [-0.2, -0.15) is 5.26 Å². The maximum atomic E-state index is 7.98. The fraction of sp³-hybridized carbons (Fsp3) is 0.833. The first-order valence-electron chi connectivity index (χ1n) is 3.50. The van der Waals surface area contributed by atoms with Crippen LogP contribution in [-0.2, 0) is 9.16 Å². The van der Waals surface area contributed by atoms with Gasteiger partial charge in [-0.1, -0.05) is 0 Å². The van der Waals surface area contributed by atoms with Gasteiger partial charge in [0, 0.05) is 6.61 Å². The Morgan fingerprint density at radius 1 is 1.60 bits per heavy atom. The molecule has 0 saturated carbocycles. The highest BCUT2D eigenvalue weighted by molar-refractivity contribution is 6.26. The molecule has 4 heteroatoms. The lowest BCUT2D eigenvalue weighted by Gasteiger charge is -1.97. The molecule has 0 heterocycles. The average Bonchev–Trinajstić information content (AvgIpc) is 1.97. The molecular weight excluding hydrogens is 146 g/mol. The van der Waals surface area contributed by atoms with Crippen LogP contribution in [0, 0.1) is 11.5 Å². The van der Waals surface area contributed by atoms with E-state index in [1.165, 1.54) is 0 Å². The van der Waals surface area contributed by atoms with Gasteiger partial charge < -0.3 is 9.16 Å². The Kier molecular flexibility index (Phi) is 8.02. The molecule has 0 atom stereocenters. The summed E-state index contributed by atoms with van der Waals surface area (Å²) in [5.74, 6) is 0. The van der Waals surface area contributed by atoms with Crippen molar-refractivity contribution in [1.82, 2.24) is 0 Å². The lowest BCUT2D eigenvalue weighted by molar-refractivity contribution is 0.268. The molecule has 0 aliphatic heterocycles. The van der Waals surface area contributed by atoms with Gasteiger partial charge >= 0.3 is 0 Å². The van der Waals surface area contributed by atoms with Crippen molar-refractivity contribution >= 4 is 9.76 Å². The van der Waals surface area contributed by atoms with Gasteiger partial charge in [0.15, 0.2) is 9.76 Å². The topological polar surface area (TPSA) is 42.2 Å². The third-order valence-corrected chi connectivity index (χ3v) is 2.54. The van der Waals surface area contributed by atoms with Crippen molar-refractivity contribution in [1.29, 1.82) is 5.26 Å². The van der Waals surface area contributed by atoms with E-state index in [0.29, 0.717) is 6.61 Å². The lowest BCUT2D eigenvalue weighted by atomic mass is 10.5. The van der Waals surface area contributed by atoms with Crippen LogP contribution >= 0.6 is 0 Å². The second kappa shape index (κ2) is 8.47. The van der Waals surface area contributed by atoms with Crippen LogP contribution in [0.15, 0.2) is 0 Å². The van der Waals surface area contributed by atoms with Gasteiger partial charge in [0.05, 0.1) is 0 Å². The summed E-state index contributed by atoms with van der Waals surface area (Å²) in [5.41, 5.74) is 0. The minimum Gasteiger partial charge on any atom is -0.428 e. The van der Waals surface area contributed by atoms with E-state index in [1.54, 1.807) is 6.26 Å².